The van der Waals surface area contributed by atoms with Crippen LogP contribution in [0.15, 0.2) is 36.5 Å². The Morgan fingerprint density at radius 3 is 2.31 bits per heavy atom. The second-order valence-corrected chi connectivity index (χ2v) is 6.85. The highest BCUT2D eigenvalue weighted by molar-refractivity contribution is 5.41. The average Bonchev–Trinajstić information content (AvgIpc) is 2.69. The minimum atomic E-state index is 0.763. The maximum atomic E-state index is 4.80. The molecule has 0 N–H and O–H groups in total. The molecule has 0 aliphatic carbocycles. The lowest BCUT2D eigenvalue weighted by atomic mass is 10.2. The van der Waals surface area contributed by atoms with E-state index in [-0.39, 0.29) is 0 Å². The van der Waals surface area contributed by atoms with Crippen LogP contribution in [0.2, 0.25) is 0 Å². The van der Waals surface area contributed by atoms with E-state index in [9.17, 15) is 0 Å². The van der Waals surface area contributed by atoms with Crippen molar-refractivity contribution < 1.29 is 0 Å². The molecule has 1 saturated heterocycles. The summed E-state index contributed by atoms with van der Waals surface area (Å²) < 4.78 is 0. The first-order valence-electron chi connectivity index (χ1n) is 9.76. The van der Waals surface area contributed by atoms with E-state index in [1.165, 1.54) is 5.56 Å². The molecule has 1 aliphatic rings. The Kier molecular flexibility index (Phi) is 6.77. The Hall–Kier alpha value is -2.21. The van der Waals surface area contributed by atoms with Gasteiger partial charge in [-0.05, 0) is 18.4 Å². The van der Waals surface area contributed by atoms with Gasteiger partial charge in [-0.15, -0.1) is 5.10 Å². The van der Waals surface area contributed by atoms with Gasteiger partial charge in [0.1, 0.15) is 0 Å². The maximum Gasteiger partial charge on any atom is 0.247 e. The topological polar surface area (TPSA) is 48.4 Å². The van der Waals surface area contributed by atoms with Gasteiger partial charge in [0.05, 0.1) is 6.20 Å². The van der Waals surface area contributed by atoms with Crippen LogP contribution in [-0.4, -0.2) is 59.3 Å². The molecule has 0 saturated carbocycles. The third kappa shape index (κ3) is 4.91. The van der Waals surface area contributed by atoms with Crippen molar-refractivity contribution in [1.29, 1.82) is 0 Å². The fourth-order valence-electron chi connectivity index (χ4n) is 3.40. The molecule has 1 aromatic carbocycles. The molecule has 0 unspecified atom stereocenters. The number of nitrogens with zero attached hydrogens (tertiary/aromatic N) is 6. The number of aromatic nitrogens is 3. The largest absolute Gasteiger partial charge is 0.355 e. The molecule has 0 radical (unpaired) electrons. The third-order valence-corrected chi connectivity index (χ3v) is 4.75. The first kappa shape index (κ1) is 18.6. The van der Waals surface area contributed by atoms with Gasteiger partial charge in [-0.1, -0.05) is 44.2 Å². The highest BCUT2D eigenvalue weighted by atomic mass is 15.4. The molecule has 1 fully saturated rings. The Morgan fingerprint density at radius 1 is 0.962 bits per heavy atom. The Labute approximate surface area is 156 Å². The van der Waals surface area contributed by atoms with E-state index in [2.05, 4.69) is 69.1 Å². The van der Waals surface area contributed by atoms with Gasteiger partial charge >= 0.3 is 0 Å². The summed E-state index contributed by atoms with van der Waals surface area (Å²) in [6.07, 6.45) is 4.01. The van der Waals surface area contributed by atoms with Crippen molar-refractivity contribution >= 4 is 11.8 Å². The van der Waals surface area contributed by atoms with Gasteiger partial charge in [-0.3, -0.25) is 4.90 Å². The van der Waals surface area contributed by atoms with E-state index in [1.807, 2.05) is 0 Å². The van der Waals surface area contributed by atoms with Crippen LogP contribution in [0.3, 0.4) is 0 Å². The molecule has 3 rings (SSSR count). The smallest absolute Gasteiger partial charge is 0.247 e. The zero-order chi connectivity index (χ0) is 18.2. The summed E-state index contributed by atoms with van der Waals surface area (Å²) >= 11 is 0. The van der Waals surface area contributed by atoms with Gasteiger partial charge in [0, 0.05) is 45.8 Å². The van der Waals surface area contributed by atoms with Crippen LogP contribution in [0.1, 0.15) is 32.3 Å². The third-order valence-electron chi connectivity index (χ3n) is 4.75. The minimum absolute atomic E-state index is 0.763. The van der Waals surface area contributed by atoms with Crippen LogP contribution in [0.4, 0.5) is 11.8 Å². The summed E-state index contributed by atoms with van der Waals surface area (Å²) in [6.45, 7) is 11.4. The van der Waals surface area contributed by atoms with Gasteiger partial charge in [-0.2, -0.15) is 10.1 Å². The lowest BCUT2D eigenvalue weighted by Gasteiger charge is -2.34. The zero-order valence-electron chi connectivity index (χ0n) is 16.0. The summed E-state index contributed by atoms with van der Waals surface area (Å²) in [5.41, 5.74) is 1.37. The lowest BCUT2D eigenvalue weighted by Crippen LogP contribution is -2.46. The summed E-state index contributed by atoms with van der Waals surface area (Å²) in [6, 6.07) is 10.7. The molecular weight excluding hydrogens is 324 g/mol. The zero-order valence-corrected chi connectivity index (χ0v) is 16.0. The van der Waals surface area contributed by atoms with Crippen molar-refractivity contribution in [3.05, 3.63) is 42.1 Å². The standard InChI is InChI=1S/C20H30N6/c1-3-10-25(11-4-2)19-16-21-23-20(22-19)26-14-12-24(13-15-26)17-18-8-6-5-7-9-18/h5-9,16H,3-4,10-15,17H2,1-2H3. The summed E-state index contributed by atoms with van der Waals surface area (Å²) in [5, 5.41) is 8.52. The molecule has 6 heteroatoms. The summed E-state index contributed by atoms with van der Waals surface area (Å²) in [4.78, 5) is 11.9. The van der Waals surface area contributed by atoms with E-state index < -0.39 is 0 Å². The number of hydrogen-bond donors (Lipinski definition) is 0. The Morgan fingerprint density at radius 2 is 1.65 bits per heavy atom. The monoisotopic (exact) mass is 354 g/mol. The highest BCUT2D eigenvalue weighted by Gasteiger charge is 2.20. The van der Waals surface area contributed by atoms with Crippen LogP contribution < -0.4 is 9.80 Å². The van der Waals surface area contributed by atoms with Gasteiger partial charge in [0.15, 0.2) is 5.82 Å². The molecule has 1 aromatic heterocycles. The molecule has 26 heavy (non-hydrogen) atoms. The van der Waals surface area contributed by atoms with Crippen molar-refractivity contribution in [3.8, 4) is 0 Å². The van der Waals surface area contributed by atoms with Crippen molar-refractivity contribution in [3.63, 3.8) is 0 Å². The molecule has 1 aliphatic heterocycles. The predicted octanol–water partition coefficient (Wildman–Crippen LogP) is 2.82. The molecule has 140 valence electrons. The molecule has 0 spiro atoms. The van der Waals surface area contributed by atoms with E-state index in [0.29, 0.717) is 0 Å². The molecule has 6 nitrogen and oxygen atoms in total. The summed E-state index contributed by atoms with van der Waals surface area (Å²) in [5.74, 6) is 1.71. The number of piperazine rings is 1. The van der Waals surface area contributed by atoms with E-state index in [0.717, 1.165) is 70.4 Å². The van der Waals surface area contributed by atoms with Crippen molar-refractivity contribution in [2.45, 2.75) is 33.2 Å². The molecule has 0 amide bonds. The van der Waals surface area contributed by atoms with E-state index in [1.54, 1.807) is 6.20 Å². The number of rotatable bonds is 8. The fraction of sp³-hybridized carbons (Fsp3) is 0.550. The predicted molar refractivity (Wildman–Crippen MR) is 107 cm³/mol. The fourth-order valence-corrected chi connectivity index (χ4v) is 3.40. The molecule has 0 atom stereocenters. The second-order valence-electron chi connectivity index (χ2n) is 6.85. The molecule has 2 aromatic rings. The number of benzene rings is 1. The van der Waals surface area contributed by atoms with Gasteiger partial charge in [0.25, 0.3) is 0 Å². The van der Waals surface area contributed by atoms with Crippen LogP contribution in [0.5, 0.6) is 0 Å². The Balaban J connectivity index is 1.59. The van der Waals surface area contributed by atoms with Crippen molar-refractivity contribution in [2.75, 3.05) is 49.1 Å². The number of anilines is 2. The van der Waals surface area contributed by atoms with Crippen molar-refractivity contribution in [1.82, 2.24) is 20.1 Å². The van der Waals surface area contributed by atoms with E-state index >= 15 is 0 Å². The van der Waals surface area contributed by atoms with Crippen LogP contribution in [-0.2, 0) is 6.54 Å². The molecule has 2 heterocycles. The van der Waals surface area contributed by atoms with Crippen molar-refractivity contribution in [2.24, 2.45) is 0 Å². The SMILES string of the molecule is CCCN(CCC)c1cnnc(N2CCN(Cc3ccccc3)CC2)n1. The first-order valence-corrected chi connectivity index (χ1v) is 9.76. The molecular formula is C20H30N6. The minimum Gasteiger partial charge on any atom is -0.355 e. The van der Waals surface area contributed by atoms with Crippen LogP contribution in [0, 0.1) is 0 Å². The lowest BCUT2D eigenvalue weighted by molar-refractivity contribution is 0.248. The van der Waals surface area contributed by atoms with Gasteiger partial charge in [-0.25, -0.2) is 0 Å². The maximum absolute atomic E-state index is 4.80. The quantitative estimate of drug-likeness (QED) is 0.726. The average molecular weight is 355 g/mol. The summed E-state index contributed by atoms with van der Waals surface area (Å²) in [7, 11) is 0. The highest BCUT2D eigenvalue weighted by Crippen LogP contribution is 2.17. The second kappa shape index (κ2) is 9.48. The number of hydrogen-bond acceptors (Lipinski definition) is 6. The van der Waals surface area contributed by atoms with Crippen LogP contribution in [0.25, 0.3) is 0 Å². The Bertz CT molecular complexity index is 648. The molecule has 0 bridgehead atoms. The van der Waals surface area contributed by atoms with Gasteiger partial charge in [0.2, 0.25) is 5.95 Å². The first-order chi connectivity index (χ1) is 12.8. The van der Waals surface area contributed by atoms with Crippen LogP contribution >= 0.6 is 0 Å². The normalized spacial score (nSPS) is 15.2. The van der Waals surface area contributed by atoms with Gasteiger partial charge < -0.3 is 9.80 Å². The van der Waals surface area contributed by atoms with E-state index in [4.69, 9.17) is 4.98 Å².